The quantitative estimate of drug-likeness (QED) is 0.745. The van der Waals surface area contributed by atoms with Crippen molar-refractivity contribution in [3.8, 4) is 0 Å². The van der Waals surface area contributed by atoms with Crippen LogP contribution in [0.2, 0.25) is 0 Å². The van der Waals surface area contributed by atoms with E-state index in [-0.39, 0.29) is 11.6 Å². The minimum atomic E-state index is -1.41. The first kappa shape index (κ1) is 11.0. The summed E-state index contributed by atoms with van der Waals surface area (Å²) in [6, 6.07) is 1.86. The van der Waals surface area contributed by atoms with Crippen LogP contribution in [0.1, 0.15) is 25.5 Å². The first-order valence-electron chi connectivity index (χ1n) is 4.44. The average Bonchev–Trinajstić information content (AvgIpc) is 2.15. The highest BCUT2D eigenvalue weighted by atomic mass is 19.2. The molecule has 1 nitrogen and oxygen atoms in total. The Balaban J connectivity index is 3.04. The monoisotopic (exact) mass is 203 g/mol. The second-order valence-corrected chi connectivity index (χ2v) is 3.04. The lowest BCUT2D eigenvalue weighted by Gasteiger charge is -2.13. The van der Waals surface area contributed by atoms with Gasteiger partial charge in [0.1, 0.15) is 0 Å². The van der Waals surface area contributed by atoms with E-state index in [9.17, 15) is 13.2 Å². The summed E-state index contributed by atoms with van der Waals surface area (Å²) in [4.78, 5) is 0. The van der Waals surface area contributed by atoms with Crippen LogP contribution < -0.4 is 5.32 Å². The van der Waals surface area contributed by atoms with E-state index < -0.39 is 17.5 Å². The molecule has 0 aromatic heterocycles. The van der Waals surface area contributed by atoms with Gasteiger partial charge in [0, 0.05) is 11.6 Å². The molecule has 1 unspecified atom stereocenters. The summed E-state index contributed by atoms with van der Waals surface area (Å²) >= 11 is 0. The van der Waals surface area contributed by atoms with Crippen molar-refractivity contribution < 1.29 is 13.2 Å². The number of hydrogen-bond acceptors (Lipinski definition) is 1. The van der Waals surface area contributed by atoms with Crippen LogP contribution in [-0.4, -0.2) is 6.54 Å². The predicted octanol–water partition coefficient (Wildman–Crippen LogP) is 2.77. The second-order valence-electron chi connectivity index (χ2n) is 3.04. The van der Waals surface area contributed by atoms with Gasteiger partial charge in [0.25, 0.3) is 0 Å². The lowest BCUT2D eigenvalue weighted by molar-refractivity contribution is 0.430. The van der Waals surface area contributed by atoms with Crippen LogP contribution >= 0.6 is 0 Å². The summed E-state index contributed by atoms with van der Waals surface area (Å²) in [6.07, 6.45) is 0. The summed E-state index contributed by atoms with van der Waals surface area (Å²) in [6.45, 7) is 4.19. The van der Waals surface area contributed by atoms with Gasteiger partial charge in [-0.15, -0.1) is 0 Å². The molecule has 0 fully saturated rings. The highest BCUT2D eigenvalue weighted by Crippen LogP contribution is 2.20. The molecule has 14 heavy (non-hydrogen) atoms. The largest absolute Gasteiger partial charge is 0.310 e. The van der Waals surface area contributed by atoms with Crippen LogP contribution in [0.3, 0.4) is 0 Å². The average molecular weight is 203 g/mol. The van der Waals surface area contributed by atoms with Gasteiger partial charge in [-0.1, -0.05) is 13.0 Å². The standard InChI is InChI=1S/C10H12F3N/c1-3-14-6(2)7-4-5-8(11)10(13)9(7)12/h4-6,14H,3H2,1-2H3. The van der Waals surface area contributed by atoms with Crippen molar-refractivity contribution in [2.75, 3.05) is 6.54 Å². The Hall–Kier alpha value is -1.03. The summed E-state index contributed by atoms with van der Waals surface area (Å²) in [5, 5.41) is 2.92. The molecular weight excluding hydrogens is 191 g/mol. The molecule has 0 amide bonds. The van der Waals surface area contributed by atoms with Crippen LogP contribution in [-0.2, 0) is 0 Å². The minimum Gasteiger partial charge on any atom is -0.310 e. The third-order valence-electron chi connectivity index (χ3n) is 2.04. The first-order chi connectivity index (χ1) is 6.57. The highest BCUT2D eigenvalue weighted by molar-refractivity contribution is 5.23. The minimum absolute atomic E-state index is 0.144. The molecule has 0 aliphatic rings. The number of benzene rings is 1. The zero-order valence-corrected chi connectivity index (χ0v) is 8.07. The van der Waals surface area contributed by atoms with Crippen molar-refractivity contribution >= 4 is 0 Å². The summed E-state index contributed by atoms with van der Waals surface area (Å²) in [7, 11) is 0. The zero-order valence-electron chi connectivity index (χ0n) is 8.07. The molecule has 0 aliphatic heterocycles. The Bertz CT molecular complexity index is 325. The summed E-state index contributed by atoms with van der Waals surface area (Å²) < 4.78 is 38.6. The molecule has 0 spiro atoms. The molecule has 1 atom stereocenters. The van der Waals surface area contributed by atoms with Gasteiger partial charge < -0.3 is 5.32 Å². The van der Waals surface area contributed by atoms with E-state index in [1.165, 1.54) is 6.07 Å². The van der Waals surface area contributed by atoms with E-state index in [1.54, 1.807) is 6.92 Å². The fourth-order valence-corrected chi connectivity index (χ4v) is 1.29. The lowest BCUT2D eigenvalue weighted by Crippen LogP contribution is -2.19. The molecule has 0 aliphatic carbocycles. The molecule has 78 valence electrons. The van der Waals surface area contributed by atoms with E-state index in [1.807, 2.05) is 6.92 Å². The van der Waals surface area contributed by atoms with E-state index >= 15 is 0 Å². The molecule has 1 aromatic carbocycles. The van der Waals surface area contributed by atoms with E-state index in [0.717, 1.165) is 6.07 Å². The van der Waals surface area contributed by atoms with Gasteiger partial charge in [0.15, 0.2) is 17.5 Å². The van der Waals surface area contributed by atoms with Crippen molar-refractivity contribution in [1.82, 2.24) is 5.32 Å². The van der Waals surface area contributed by atoms with Gasteiger partial charge in [0.05, 0.1) is 0 Å². The SMILES string of the molecule is CCNC(C)c1ccc(F)c(F)c1F. The van der Waals surface area contributed by atoms with Crippen molar-refractivity contribution in [3.63, 3.8) is 0 Å². The van der Waals surface area contributed by atoms with Gasteiger partial charge in [0.2, 0.25) is 0 Å². The lowest BCUT2D eigenvalue weighted by atomic mass is 10.1. The molecule has 0 saturated carbocycles. The van der Waals surface area contributed by atoms with Crippen LogP contribution in [0.15, 0.2) is 12.1 Å². The predicted molar refractivity (Wildman–Crippen MR) is 48.4 cm³/mol. The van der Waals surface area contributed by atoms with Crippen LogP contribution in [0.25, 0.3) is 0 Å². The Morgan fingerprint density at radius 1 is 1.21 bits per heavy atom. The van der Waals surface area contributed by atoms with Gasteiger partial charge in [-0.2, -0.15) is 0 Å². The van der Waals surface area contributed by atoms with E-state index in [4.69, 9.17) is 0 Å². The van der Waals surface area contributed by atoms with E-state index in [2.05, 4.69) is 5.32 Å². The summed E-state index contributed by atoms with van der Waals surface area (Å²) in [5.74, 6) is -3.68. The van der Waals surface area contributed by atoms with Crippen LogP contribution in [0.4, 0.5) is 13.2 Å². The number of nitrogens with one attached hydrogen (secondary N) is 1. The third kappa shape index (κ3) is 2.07. The van der Waals surface area contributed by atoms with Crippen molar-refractivity contribution in [2.45, 2.75) is 19.9 Å². The Morgan fingerprint density at radius 2 is 1.86 bits per heavy atom. The smallest absolute Gasteiger partial charge is 0.194 e. The maximum Gasteiger partial charge on any atom is 0.194 e. The normalized spacial score (nSPS) is 12.9. The van der Waals surface area contributed by atoms with Crippen LogP contribution in [0.5, 0.6) is 0 Å². The second kappa shape index (κ2) is 4.46. The summed E-state index contributed by atoms with van der Waals surface area (Å²) in [5.41, 5.74) is 0.144. The van der Waals surface area contributed by atoms with Gasteiger partial charge in [-0.25, -0.2) is 13.2 Å². The highest BCUT2D eigenvalue weighted by Gasteiger charge is 2.16. The topological polar surface area (TPSA) is 12.0 Å². The molecule has 1 rings (SSSR count). The Morgan fingerprint density at radius 3 is 2.43 bits per heavy atom. The number of halogens is 3. The molecule has 4 heteroatoms. The Labute approximate surface area is 80.9 Å². The maximum atomic E-state index is 13.2. The molecule has 0 heterocycles. The van der Waals surface area contributed by atoms with E-state index in [0.29, 0.717) is 6.54 Å². The van der Waals surface area contributed by atoms with Gasteiger partial charge >= 0.3 is 0 Å². The number of rotatable bonds is 3. The molecule has 1 N–H and O–H groups in total. The molecule has 0 bridgehead atoms. The zero-order chi connectivity index (χ0) is 10.7. The third-order valence-corrected chi connectivity index (χ3v) is 2.04. The molecule has 0 radical (unpaired) electrons. The first-order valence-corrected chi connectivity index (χ1v) is 4.44. The van der Waals surface area contributed by atoms with Crippen LogP contribution in [0, 0.1) is 17.5 Å². The van der Waals surface area contributed by atoms with Gasteiger partial charge in [-0.05, 0) is 19.5 Å². The molecular formula is C10H12F3N. The Kier molecular flexibility index (Phi) is 3.52. The fraction of sp³-hybridized carbons (Fsp3) is 0.400. The van der Waals surface area contributed by atoms with Crippen molar-refractivity contribution in [2.24, 2.45) is 0 Å². The fourth-order valence-electron chi connectivity index (χ4n) is 1.29. The maximum absolute atomic E-state index is 13.2. The van der Waals surface area contributed by atoms with Crippen molar-refractivity contribution in [3.05, 3.63) is 35.1 Å². The molecule has 1 aromatic rings. The molecule has 0 saturated heterocycles. The van der Waals surface area contributed by atoms with Crippen molar-refractivity contribution in [1.29, 1.82) is 0 Å². The number of hydrogen-bond donors (Lipinski definition) is 1. The van der Waals surface area contributed by atoms with Gasteiger partial charge in [-0.3, -0.25) is 0 Å².